The molecule has 0 unspecified atom stereocenters. The Labute approximate surface area is 183 Å². The molecule has 1 aromatic carbocycles. The number of benzene rings is 1. The number of H-pyrrole nitrogens is 1. The van der Waals surface area contributed by atoms with Crippen LogP contribution in [0.4, 0.5) is 10.3 Å². The molecule has 0 bridgehead atoms. The van der Waals surface area contributed by atoms with E-state index in [0.717, 1.165) is 0 Å². The smallest absolute Gasteiger partial charge is 0.373 e. The van der Waals surface area contributed by atoms with E-state index >= 15 is 0 Å². The van der Waals surface area contributed by atoms with E-state index in [-0.39, 0.29) is 25.0 Å². The van der Waals surface area contributed by atoms with Crippen molar-refractivity contribution in [2.24, 2.45) is 5.92 Å². The molecule has 10 heteroatoms. The summed E-state index contributed by atoms with van der Waals surface area (Å²) in [5, 5.41) is 12.9. The molecule has 166 valence electrons. The monoisotopic (exact) mass is 439 g/mol. The SMILES string of the molecule is C=CCNc1nccc(-c2[nH]c(C3(C(=O)O)OCC(C)CO3)nc2-c2ccc(F)cc2)n1. The molecule has 1 aliphatic rings. The lowest BCUT2D eigenvalue weighted by Gasteiger charge is -2.34. The second-order valence-corrected chi connectivity index (χ2v) is 7.40. The Hall–Kier alpha value is -3.63. The summed E-state index contributed by atoms with van der Waals surface area (Å²) >= 11 is 0. The molecule has 2 aromatic heterocycles. The molecule has 3 aromatic rings. The van der Waals surface area contributed by atoms with Crippen LogP contribution in [0.2, 0.25) is 0 Å². The number of anilines is 1. The summed E-state index contributed by atoms with van der Waals surface area (Å²) in [5.74, 6) is -3.46. The molecule has 3 heterocycles. The van der Waals surface area contributed by atoms with Gasteiger partial charge < -0.3 is 24.9 Å². The average Bonchev–Trinajstić information content (AvgIpc) is 3.25. The van der Waals surface area contributed by atoms with Crippen LogP contribution in [0.3, 0.4) is 0 Å². The number of aromatic nitrogens is 4. The number of halogens is 1. The predicted octanol–water partition coefficient (Wildman–Crippen LogP) is 3.19. The Kier molecular flexibility index (Phi) is 5.97. The minimum Gasteiger partial charge on any atom is -0.477 e. The summed E-state index contributed by atoms with van der Waals surface area (Å²) in [7, 11) is 0. The number of nitrogens with one attached hydrogen (secondary N) is 2. The molecule has 1 aliphatic heterocycles. The number of hydrogen-bond acceptors (Lipinski definition) is 7. The molecule has 1 saturated heterocycles. The van der Waals surface area contributed by atoms with Gasteiger partial charge >= 0.3 is 11.8 Å². The first-order chi connectivity index (χ1) is 15.4. The maximum absolute atomic E-state index is 13.5. The van der Waals surface area contributed by atoms with E-state index < -0.39 is 17.6 Å². The number of carboxylic acids is 1. The fourth-order valence-corrected chi connectivity index (χ4v) is 3.25. The normalized spacial score (nSPS) is 20.6. The molecule has 9 nitrogen and oxygen atoms in total. The van der Waals surface area contributed by atoms with E-state index in [1.807, 2.05) is 6.92 Å². The maximum atomic E-state index is 13.5. The zero-order chi connectivity index (χ0) is 22.7. The second kappa shape index (κ2) is 8.85. The summed E-state index contributed by atoms with van der Waals surface area (Å²) in [6.07, 6.45) is 3.23. The van der Waals surface area contributed by atoms with Gasteiger partial charge in [0, 0.05) is 24.2 Å². The lowest BCUT2D eigenvalue weighted by atomic mass is 10.1. The van der Waals surface area contributed by atoms with E-state index in [1.165, 1.54) is 12.1 Å². The molecule has 32 heavy (non-hydrogen) atoms. The Morgan fingerprint density at radius 3 is 2.69 bits per heavy atom. The van der Waals surface area contributed by atoms with E-state index in [4.69, 9.17) is 9.47 Å². The van der Waals surface area contributed by atoms with Crippen LogP contribution in [-0.4, -0.2) is 50.8 Å². The highest BCUT2D eigenvalue weighted by atomic mass is 19.1. The van der Waals surface area contributed by atoms with Gasteiger partial charge in [-0.25, -0.2) is 24.1 Å². The first kappa shape index (κ1) is 21.6. The Morgan fingerprint density at radius 2 is 2.03 bits per heavy atom. The highest BCUT2D eigenvalue weighted by Crippen LogP contribution is 2.36. The van der Waals surface area contributed by atoms with Crippen LogP contribution in [0.5, 0.6) is 0 Å². The maximum Gasteiger partial charge on any atom is 0.373 e. The number of nitrogens with zero attached hydrogens (tertiary/aromatic N) is 3. The Bertz CT molecular complexity index is 1120. The van der Waals surface area contributed by atoms with Gasteiger partial charge in [-0.05, 0) is 30.3 Å². The van der Waals surface area contributed by atoms with E-state index in [9.17, 15) is 14.3 Å². The molecule has 0 atom stereocenters. The lowest BCUT2D eigenvalue weighted by Crippen LogP contribution is -2.48. The number of aliphatic carboxylic acids is 1. The van der Waals surface area contributed by atoms with Crippen molar-refractivity contribution < 1.29 is 23.8 Å². The first-order valence-corrected chi connectivity index (χ1v) is 9.99. The van der Waals surface area contributed by atoms with Crippen LogP contribution in [0.1, 0.15) is 12.7 Å². The van der Waals surface area contributed by atoms with Crippen molar-refractivity contribution in [1.82, 2.24) is 19.9 Å². The second-order valence-electron chi connectivity index (χ2n) is 7.40. The minimum atomic E-state index is -2.09. The number of rotatable bonds is 7. The minimum absolute atomic E-state index is 0.0360. The third kappa shape index (κ3) is 4.10. The van der Waals surface area contributed by atoms with Crippen LogP contribution >= 0.6 is 0 Å². The molecule has 4 rings (SSSR count). The van der Waals surface area contributed by atoms with Crippen molar-refractivity contribution in [3.8, 4) is 22.6 Å². The topological polar surface area (TPSA) is 122 Å². The first-order valence-electron chi connectivity index (χ1n) is 9.99. The fourth-order valence-electron chi connectivity index (χ4n) is 3.25. The molecule has 3 N–H and O–H groups in total. The van der Waals surface area contributed by atoms with Crippen molar-refractivity contribution in [2.45, 2.75) is 12.7 Å². The van der Waals surface area contributed by atoms with Gasteiger partial charge in [0.05, 0.1) is 30.3 Å². The molecule has 1 fully saturated rings. The summed E-state index contributed by atoms with van der Waals surface area (Å²) in [6, 6.07) is 7.35. The van der Waals surface area contributed by atoms with Gasteiger partial charge in [0.2, 0.25) is 5.95 Å². The molecule has 0 saturated carbocycles. The van der Waals surface area contributed by atoms with Crippen molar-refractivity contribution in [3.05, 3.63) is 60.8 Å². The lowest BCUT2D eigenvalue weighted by molar-refractivity contribution is -0.287. The highest BCUT2D eigenvalue weighted by Gasteiger charge is 2.50. The quantitative estimate of drug-likeness (QED) is 0.480. The summed E-state index contributed by atoms with van der Waals surface area (Å²) in [5.41, 5.74) is 1.81. The molecular weight excluding hydrogens is 417 g/mol. The largest absolute Gasteiger partial charge is 0.477 e. The van der Waals surface area contributed by atoms with E-state index in [2.05, 4.69) is 31.8 Å². The van der Waals surface area contributed by atoms with Gasteiger partial charge in [-0.1, -0.05) is 13.0 Å². The number of hydrogen-bond donors (Lipinski definition) is 3. The van der Waals surface area contributed by atoms with Gasteiger partial charge in [-0.3, -0.25) is 0 Å². The van der Waals surface area contributed by atoms with Crippen molar-refractivity contribution in [1.29, 1.82) is 0 Å². The van der Waals surface area contributed by atoms with Gasteiger partial charge in [-0.2, -0.15) is 0 Å². The predicted molar refractivity (Wildman–Crippen MR) is 114 cm³/mol. The number of carbonyl (C=O) groups is 1. The molecule has 0 radical (unpaired) electrons. The highest BCUT2D eigenvalue weighted by molar-refractivity contribution is 5.81. The van der Waals surface area contributed by atoms with Crippen LogP contribution in [0, 0.1) is 11.7 Å². The number of ether oxygens (including phenoxy) is 2. The van der Waals surface area contributed by atoms with Crippen LogP contribution in [0.25, 0.3) is 22.6 Å². The van der Waals surface area contributed by atoms with Crippen LogP contribution < -0.4 is 5.32 Å². The van der Waals surface area contributed by atoms with Crippen molar-refractivity contribution in [3.63, 3.8) is 0 Å². The summed E-state index contributed by atoms with van der Waals surface area (Å²) < 4.78 is 24.8. The summed E-state index contributed by atoms with van der Waals surface area (Å²) in [4.78, 5) is 28.4. The molecule has 0 aliphatic carbocycles. The van der Waals surface area contributed by atoms with Crippen molar-refractivity contribution in [2.75, 3.05) is 25.1 Å². The number of aromatic amines is 1. The van der Waals surface area contributed by atoms with E-state index in [0.29, 0.717) is 35.1 Å². The van der Waals surface area contributed by atoms with Gasteiger partial charge in [0.25, 0.3) is 0 Å². The molecule has 0 amide bonds. The van der Waals surface area contributed by atoms with Gasteiger partial charge in [-0.15, -0.1) is 6.58 Å². The van der Waals surface area contributed by atoms with Crippen LogP contribution in [0.15, 0.2) is 49.2 Å². The van der Waals surface area contributed by atoms with Crippen LogP contribution in [-0.2, 0) is 20.1 Å². The zero-order valence-corrected chi connectivity index (χ0v) is 17.3. The van der Waals surface area contributed by atoms with E-state index in [1.54, 1.807) is 30.5 Å². The number of carboxylic acid groups (broad SMARTS) is 1. The summed E-state index contributed by atoms with van der Waals surface area (Å²) in [6.45, 7) is 6.39. The Balaban J connectivity index is 1.85. The third-order valence-electron chi connectivity index (χ3n) is 4.87. The Morgan fingerprint density at radius 1 is 1.31 bits per heavy atom. The standard InChI is InChI=1S/C22H22FN5O4/c1-3-9-24-21-25-10-8-16(26-21)18-17(14-4-6-15(23)7-5-14)27-19(28-18)22(20(29)30)31-11-13(2)12-32-22/h3-8,10,13H,1,9,11-12H2,2H3,(H,27,28)(H,29,30)(H,24,25,26). The van der Waals surface area contributed by atoms with Gasteiger partial charge in [0.1, 0.15) is 5.82 Å². The fraction of sp³-hybridized carbons (Fsp3) is 0.273. The molecular formula is C22H22FN5O4. The third-order valence-corrected chi connectivity index (χ3v) is 4.87. The van der Waals surface area contributed by atoms with Gasteiger partial charge in [0.15, 0.2) is 5.82 Å². The van der Waals surface area contributed by atoms with Crippen molar-refractivity contribution >= 4 is 11.9 Å². The average molecular weight is 439 g/mol. The molecule has 0 spiro atoms. The number of imidazole rings is 1. The zero-order valence-electron chi connectivity index (χ0n) is 17.3.